The van der Waals surface area contributed by atoms with E-state index in [9.17, 15) is 22.0 Å². The van der Waals surface area contributed by atoms with Crippen molar-refractivity contribution in [2.75, 3.05) is 30.3 Å². The van der Waals surface area contributed by atoms with Crippen LogP contribution in [0.25, 0.3) is 10.8 Å². The minimum absolute atomic E-state index is 0.120. The molecule has 158 valence electrons. The molecule has 9 heteroatoms. The molecule has 0 saturated carbocycles. The van der Waals surface area contributed by atoms with Crippen LogP contribution in [-0.2, 0) is 14.8 Å². The van der Waals surface area contributed by atoms with Gasteiger partial charge in [0.15, 0.2) is 0 Å². The van der Waals surface area contributed by atoms with Crippen LogP contribution in [0, 0.1) is 11.6 Å². The summed E-state index contributed by atoms with van der Waals surface area (Å²) in [5.41, 5.74) is -0.401. The van der Waals surface area contributed by atoms with Crippen molar-refractivity contribution in [3.63, 3.8) is 0 Å². The Morgan fingerprint density at radius 2 is 1.77 bits per heavy atom. The highest BCUT2D eigenvalue weighted by atomic mass is 32.2. The molecule has 0 fully saturated rings. The number of amides is 1. The number of hydrogen-bond acceptors (Lipinski definition) is 4. The van der Waals surface area contributed by atoms with Crippen LogP contribution in [0.4, 0.5) is 14.5 Å². The predicted molar refractivity (Wildman–Crippen MR) is 111 cm³/mol. The molecular formula is C21H20F2N2O4S. The van der Waals surface area contributed by atoms with Gasteiger partial charge in [0, 0.05) is 6.07 Å². The summed E-state index contributed by atoms with van der Waals surface area (Å²) in [7, 11) is -3.96. The number of nitrogens with zero attached hydrogens (tertiary/aromatic N) is 1. The van der Waals surface area contributed by atoms with Crippen LogP contribution in [0.1, 0.15) is 0 Å². The maximum absolute atomic E-state index is 14.0. The van der Waals surface area contributed by atoms with Crippen molar-refractivity contribution >= 4 is 32.4 Å². The maximum atomic E-state index is 14.0. The molecule has 0 aliphatic rings. The van der Waals surface area contributed by atoms with Gasteiger partial charge >= 0.3 is 0 Å². The van der Waals surface area contributed by atoms with Crippen LogP contribution < -0.4 is 14.4 Å². The van der Waals surface area contributed by atoms with Gasteiger partial charge in [0.25, 0.3) is 0 Å². The monoisotopic (exact) mass is 434 g/mol. The minimum atomic E-state index is -3.96. The molecule has 0 saturated heterocycles. The number of hydrogen-bond donors (Lipinski definition) is 1. The molecule has 0 aliphatic heterocycles. The van der Waals surface area contributed by atoms with Gasteiger partial charge in [0.1, 0.15) is 30.5 Å². The third-order valence-electron chi connectivity index (χ3n) is 4.28. The topological polar surface area (TPSA) is 75.7 Å². The Labute approximate surface area is 173 Å². The van der Waals surface area contributed by atoms with Crippen LogP contribution in [0.5, 0.6) is 5.75 Å². The van der Waals surface area contributed by atoms with Gasteiger partial charge in [0.2, 0.25) is 15.9 Å². The number of halogens is 2. The number of ether oxygens (including phenoxy) is 1. The van der Waals surface area contributed by atoms with E-state index in [4.69, 9.17) is 4.74 Å². The third kappa shape index (κ3) is 5.44. The summed E-state index contributed by atoms with van der Waals surface area (Å²) >= 11 is 0. The quantitative estimate of drug-likeness (QED) is 0.553. The lowest BCUT2D eigenvalue weighted by Crippen LogP contribution is -2.41. The molecule has 30 heavy (non-hydrogen) atoms. The lowest BCUT2D eigenvalue weighted by Gasteiger charge is -2.22. The fourth-order valence-corrected chi connectivity index (χ4v) is 3.72. The second kappa shape index (κ2) is 9.08. The number of anilines is 1. The second-order valence-corrected chi connectivity index (χ2v) is 8.48. The Balaban J connectivity index is 1.56. The summed E-state index contributed by atoms with van der Waals surface area (Å²) in [6.45, 7) is -0.361. The van der Waals surface area contributed by atoms with Crippen LogP contribution in [0.3, 0.4) is 0 Å². The van der Waals surface area contributed by atoms with Crippen molar-refractivity contribution < 1.29 is 26.7 Å². The summed E-state index contributed by atoms with van der Waals surface area (Å²) in [6, 6.07) is 15.9. The highest BCUT2D eigenvalue weighted by Gasteiger charge is 2.23. The van der Waals surface area contributed by atoms with Crippen LogP contribution in [-0.4, -0.2) is 40.3 Å². The van der Waals surface area contributed by atoms with E-state index >= 15 is 0 Å². The van der Waals surface area contributed by atoms with Crippen molar-refractivity contribution in [1.82, 2.24) is 5.32 Å². The van der Waals surface area contributed by atoms with E-state index in [0.29, 0.717) is 16.1 Å². The number of sulfonamides is 1. The van der Waals surface area contributed by atoms with E-state index in [1.807, 2.05) is 42.5 Å². The Morgan fingerprint density at radius 3 is 2.47 bits per heavy atom. The van der Waals surface area contributed by atoms with E-state index in [2.05, 4.69) is 5.32 Å². The number of rotatable bonds is 8. The molecule has 0 radical (unpaired) electrons. The van der Waals surface area contributed by atoms with Crippen molar-refractivity contribution in [2.24, 2.45) is 0 Å². The highest BCUT2D eigenvalue weighted by molar-refractivity contribution is 7.92. The van der Waals surface area contributed by atoms with Crippen molar-refractivity contribution in [3.8, 4) is 5.75 Å². The molecule has 0 aromatic heterocycles. The van der Waals surface area contributed by atoms with Gasteiger partial charge in [-0.25, -0.2) is 17.2 Å². The van der Waals surface area contributed by atoms with E-state index in [-0.39, 0.29) is 13.2 Å². The number of carbonyl (C=O) groups excluding carboxylic acids is 1. The van der Waals surface area contributed by atoms with Crippen LogP contribution in [0.2, 0.25) is 0 Å². The Hall–Kier alpha value is -3.20. The molecule has 1 amide bonds. The highest BCUT2D eigenvalue weighted by Crippen LogP contribution is 2.22. The first kappa shape index (κ1) is 21.5. The van der Waals surface area contributed by atoms with E-state index in [1.165, 1.54) is 0 Å². The third-order valence-corrected chi connectivity index (χ3v) is 5.41. The zero-order chi connectivity index (χ0) is 21.7. The zero-order valence-electron chi connectivity index (χ0n) is 16.1. The lowest BCUT2D eigenvalue weighted by atomic mass is 10.1. The van der Waals surface area contributed by atoms with Crippen molar-refractivity contribution in [1.29, 1.82) is 0 Å². The smallest absolute Gasteiger partial charge is 0.240 e. The fraction of sp³-hybridized carbons (Fsp3) is 0.190. The standard InChI is InChI=1S/C21H20F2N2O4S/c1-30(27,28)25(20-9-7-17(22)13-19(20)23)14-21(26)24-10-11-29-18-8-6-15-4-2-3-5-16(15)12-18/h2-9,12-13H,10-11,14H2,1H3,(H,24,26). The van der Waals surface area contributed by atoms with Gasteiger partial charge in [-0.3, -0.25) is 9.10 Å². The Morgan fingerprint density at radius 1 is 1.03 bits per heavy atom. The lowest BCUT2D eigenvalue weighted by molar-refractivity contribution is -0.119. The first-order valence-corrected chi connectivity index (χ1v) is 10.9. The molecule has 0 bridgehead atoms. The van der Waals surface area contributed by atoms with E-state index in [1.54, 1.807) is 0 Å². The maximum Gasteiger partial charge on any atom is 0.240 e. The van der Waals surface area contributed by atoms with Crippen molar-refractivity contribution in [2.45, 2.75) is 0 Å². The fourth-order valence-electron chi connectivity index (χ4n) is 2.87. The molecule has 3 aromatic rings. The molecule has 3 aromatic carbocycles. The molecule has 3 rings (SSSR count). The number of benzene rings is 3. The van der Waals surface area contributed by atoms with Gasteiger partial charge < -0.3 is 10.1 Å². The van der Waals surface area contributed by atoms with Gasteiger partial charge in [-0.05, 0) is 35.0 Å². The van der Waals surface area contributed by atoms with Gasteiger partial charge in [-0.15, -0.1) is 0 Å². The number of fused-ring (bicyclic) bond motifs is 1. The predicted octanol–water partition coefficient (Wildman–Crippen LogP) is 3.08. The Kier molecular flexibility index (Phi) is 6.51. The Bertz CT molecular complexity index is 1170. The first-order chi connectivity index (χ1) is 14.2. The average Bonchev–Trinajstić information content (AvgIpc) is 2.69. The normalized spacial score (nSPS) is 11.3. The minimum Gasteiger partial charge on any atom is -0.492 e. The van der Waals surface area contributed by atoms with Gasteiger partial charge in [-0.2, -0.15) is 0 Å². The average molecular weight is 434 g/mol. The molecule has 0 unspecified atom stereocenters. The largest absolute Gasteiger partial charge is 0.492 e. The summed E-state index contributed by atoms with van der Waals surface area (Å²) in [5, 5.41) is 4.62. The molecule has 0 heterocycles. The van der Waals surface area contributed by atoms with Gasteiger partial charge in [0.05, 0.1) is 18.5 Å². The molecule has 0 aliphatic carbocycles. The summed E-state index contributed by atoms with van der Waals surface area (Å²) in [5.74, 6) is -1.94. The molecule has 0 spiro atoms. The molecule has 0 atom stereocenters. The molecule has 1 N–H and O–H groups in total. The summed E-state index contributed by atoms with van der Waals surface area (Å²) in [4.78, 5) is 12.2. The molecular weight excluding hydrogens is 414 g/mol. The van der Waals surface area contributed by atoms with Crippen LogP contribution in [0.15, 0.2) is 60.7 Å². The second-order valence-electron chi connectivity index (χ2n) is 6.57. The molecule has 6 nitrogen and oxygen atoms in total. The zero-order valence-corrected chi connectivity index (χ0v) is 17.0. The van der Waals surface area contributed by atoms with E-state index < -0.39 is 39.8 Å². The summed E-state index contributed by atoms with van der Waals surface area (Å²) in [6.07, 6.45) is 0.839. The number of carbonyl (C=O) groups is 1. The summed E-state index contributed by atoms with van der Waals surface area (Å²) < 4.78 is 57.3. The van der Waals surface area contributed by atoms with Gasteiger partial charge in [-0.1, -0.05) is 30.3 Å². The number of nitrogens with one attached hydrogen (secondary N) is 1. The first-order valence-electron chi connectivity index (χ1n) is 9.05. The SMILES string of the molecule is CS(=O)(=O)N(CC(=O)NCCOc1ccc2ccccc2c1)c1ccc(F)cc1F. The van der Waals surface area contributed by atoms with Crippen LogP contribution >= 0.6 is 0 Å². The van der Waals surface area contributed by atoms with E-state index in [0.717, 1.165) is 29.2 Å². The van der Waals surface area contributed by atoms with Crippen molar-refractivity contribution in [3.05, 3.63) is 72.3 Å².